The van der Waals surface area contributed by atoms with Crippen LogP contribution in [0.5, 0.6) is 0 Å². The Morgan fingerprint density at radius 2 is 1.94 bits per heavy atom. The lowest BCUT2D eigenvalue weighted by Crippen LogP contribution is -2.44. The molecular formula is C10H10Br2ClNO2S. The van der Waals surface area contributed by atoms with Gasteiger partial charge >= 0.3 is 0 Å². The first-order chi connectivity index (χ1) is 7.88. The topological polar surface area (TPSA) is 46.2 Å². The van der Waals surface area contributed by atoms with Crippen LogP contribution in [0.2, 0.25) is 0 Å². The van der Waals surface area contributed by atoms with Gasteiger partial charge in [0.1, 0.15) is 0 Å². The molecule has 0 spiro atoms. The van der Waals surface area contributed by atoms with Crippen molar-refractivity contribution in [3.05, 3.63) is 27.1 Å². The average molecular weight is 404 g/mol. The van der Waals surface area contributed by atoms with Gasteiger partial charge in [-0.25, -0.2) is 13.1 Å². The van der Waals surface area contributed by atoms with Gasteiger partial charge in [-0.15, -0.1) is 11.6 Å². The van der Waals surface area contributed by atoms with Crippen molar-refractivity contribution in [2.75, 3.05) is 0 Å². The van der Waals surface area contributed by atoms with Gasteiger partial charge in [-0.3, -0.25) is 0 Å². The average Bonchev–Trinajstić information content (AvgIpc) is 2.19. The molecule has 3 nitrogen and oxygen atoms in total. The van der Waals surface area contributed by atoms with Crippen LogP contribution in [0.1, 0.15) is 12.8 Å². The van der Waals surface area contributed by atoms with E-state index in [-0.39, 0.29) is 16.3 Å². The molecule has 0 unspecified atom stereocenters. The molecule has 1 N–H and O–H groups in total. The molecule has 0 atom stereocenters. The zero-order chi connectivity index (χ0) is 12.6. The molecule has 0 aliphatic heterocycles. The number of rotatable bonds is 3. The molecule has 1 aliphatic carbocycles. The Kier molecular flexibility index (Phi) is 4.20. The predicted octanol–water partition coefficient (Wildman–Crippen LogP) is 3.26. The largest absolute Gasteiger partial charge is 0.241 e. The van der Waals surface area contributed by atoms with Crippen molar-refractivity contribution in [1.29, 1.82) is 0 Å². The molecule has 1 aliphatic rings. The van der Waals surface area contributed by atoms with E-state index in [1.54, 1.807) is 18.2 Å². The highest BCUT2D eigenvalue weighted by atomic mass is 79.9. The molecule has 7 heteroatoms. The van der Waals surface area contributed by atoms with Crippen molar-refractivity contribution in [2.24, 2.45) is 0 Å². The molecule has 0 aromatic heterocycles. The number of hydrogen-bond acceptors (Lipinski definition) is 2. The van der Waals surface area contributed by atoms with Gasteiger partial charge in [0.15, 0.2) is 0 Å². The van der Waals surface area contributed by atoms with E-state index in [1.807, 2.05) is 0 Å². The first-order valence-corrected chi connectivity index (χ1v) is 8.50. The highest BCUT2D eigenvalue weighted by Gasteiger charge is 2.32. The minimum absolute atomic E-state index is 0.0478. The standard InChI is InChI=1S/C10H10Br2ClNO2S/c11-6-1-2-9(12)10(3-6)17(15,16)14-8-4-7(13)5-8/h1-3,7-8,14H,4-5H2. The van der Waals surface area contributed by atoms with Crippen LogP contribution in [-0.4, -0.2) is 19.8 Å². The summed E-state index contributed by atoms with van der Waals surface area (Å²) in [6, 6.07) is 5.00. The van der Waals surface area contributed by atoms with Crippen molar-refractivity contribution in [3.8, 4) is 0 Å². The summed E-state index contributed by atoms with van der Waals surface area (Å²) in [6.07, 6.45) is 1.37. The summed E-state index contributed by atoms with van der Waals surface area (Å²) in [4.78, 5) is 0.241. The van der Waals surface area contributed by atoms with Gasteiger partial charge in [0, 0.05) is 20.4 Å². The number of benzene rings is 1. The maximum atomic E-state index is 12.1. The van der Waals surface area contributed by atoms with Crippen LogP contribution in [0.4, 0.5) is 0 Å². The van der Waals surface area contributed by atoms with Gasteiger partial charge in [-0.2, -0.15) is 0 Å². The van der Waals surface area contributed by atoms with Gasteiger partial charge in [0.25, 0.3) is 0 Å². The molecular weight excluding hydrogens is 393 g/mol. The molecule has 0 amide bonds. The molecule has 17 heavy (non-hydrogen) atoms. The van der Waals surface area contributed by atoms with E-state index < -0.39 is 10.0 Å². The molecule has 0 radical (unpaired) electrons. The number of hydrogen-bond donors (Lipinski definition) is 1. The Labute approximate surface area is 122 Å². The smallest absolute Gasteiger partial charge is 0.208 e. The molecule has 1 aromatic rings. The van der Waals surface area contributed by atoms with Crippen LogP contribution in [0.3, 0.4) is 0 Å². The Morgan fingerprint density at radius 1 is 1.29 bits per heavy atom. The lowest BCUT2D eigenvalue weighted by atomic mass is 9.94. The zero-order valence-corrected chi connectivity index (χ0v) is 13.4. The SMILES string of the molecule is O=S(=O)(NC1CC(Cl)C1)c1cc(Br)ccc1Br. The summed E-state index contributed by atoms with van der Waals surface area (Å²) in [5.41, 5.74) is 0. The third kappa shape index (κ3) is 3.23. The van der Waals surface area contributed by atoms with Gasteiger partial charge in [0.2, 0.25) is 10.0 Å². The molecule has 0 bridgehead atoms. The van der Waals surface area contributed by atoms with Crippen molar-refractivity contribution < 1.29 is 8.42 Å². The van der Waals surface area contributed by atoms with E-state index in [0.717, 1.165) is 4.47 Å². The summed E-state index contributed by atoms with van der Waals surface area (Å²) in [5, 5.41) is 0.0913. The fraction of sp³-hybridized carbons (Fsp3) is 0.400. The second-order valence-electron chi connectivity index (χ2n) is 3.96. The maximum absolute atomic E-state index is 12.1. The van der Waals surface area contributed by atoms with Crippen molar-refractivity contribution >= 4 is 53.5 Å². The predicted molar refractivity (Wildman–Crippen MR) is 74.8 cm³/mol. The molecule has 94 valence electrons. The lowest BCUT2D eigenvalue weighted by molar-refractivity contribution is 0.391. The summed E-state index contributed by atoms with van der Waals surface area (Å²) in [5.74, 6) is 0. The second-order valence-corrected chi connectivity index (χ2v) is 8.03. The van der Waals surface area contributed by atoms with Crippen molar-refractivity contribution in [2.45, 2.75) is 29.2 Å². The van der Waals surface area contributed by atoms with Gasteiger partial charge in [-0.1, -0.05) is 15.9 Å². The number of sulfonamides is 1. The van der Waals surface area contributed by atoms with E-state index in [9.17, 15) is 8.42 Å². The first-order valence-electron chi connectivity index (χ1n) is 5.00. The van der Waals surface area contributed by atoms with Crippen LogP contribution >= 0.6 is 43.5 Å². The van der Waals surface area contributed by atoms with Crippen LogP contribution in [0.15, 0.2) is 32.0 Å². The summed E-state index contributed by atoms with van der Waals surface area (Å²) in [6.45, 7) is 0. The highest BCUT2D eigenvalue weighted by molar-refractivity contribution is 9.11. The third-order valence-electron chi connectivity index (χ3n) is 2.59. The van der Waals surface area contributed by atoms with E-state index >= 15 is 0 Å². The molecule has 1 aromatic carbocycles. The molecule has 0 heterocycles. The quantitative estimate of drug-likeness (QED) is 0.788. The maximum Gasteiger partial charge on any atom is 0.241 e. The summed E-state index contributed by atoms with van der Waals surface area (Å²) in [7, 11) is -3.48. The van der Waals surface area contributed by atoms with Gasteiger partial charge < -0.3 is 0 Å². The number of halogens is 3. The number of alkyl halides is 1. The van der Waals surface area contributed by atoms with Crippen LogP contribution in [0.25, 0.3) is 0 Å². The minimum Gasteiger partial charge on any atom is -0.208 e. The lowest BCUT2D eigenvalue weighted by Gasteiger charge is -2.31. The summed E-state index contributed by atoms with van der Waals surface area (Å²) < 4.78 is 28.1. The van der Waals surface area contributed by atoms with E-state index in [2.05, 4.69) is 36.6 Å². The Balaban J connectivity index is 2.22. The van der Waals surface area contributed by atoms with Crippen molar-refractivity contribution in [3.63, 3.8) is 0 Å². The van der Waals surface area contributed by atoms with E-state index in [1.165, 1.54) is 0 Å². The normalized spacial score (nSPS) is 24.4. The minimum atomic E-state index is -3.48. The molecule has 1 fully saturated rings. The molecule has 1 saturated carbocycles. The Hall–Kier alpha value is 0.380. The fourth-order valence-electron chi connectivity index (χ4n) is 1.61. The van der Waals surface area contributed by atoms with Crippen LogP contribution < -0.4 is 4.72 Å². The van der Waals surface area contributed by atoms with Gasteiger partial charge in [0.05, 0.1) is 4.90 Å². The molecule has 2 rings (SSSR count). The monoisotopic (exact) mass is 401 g/mol. The van der Waals surface area contributed by atoms with Crippen molar-refractivity contribution in [1.82, 2.24) is 4.72 Å². The zero-order valence-electron chi connectivity index (χ0n) is 8.66. The number of nitrogens with one attached hydrogen (secondary N) is 1. The fourth-order valence-corrected chi connectivity index (χ4v) is 4.80. The Morgan fingerprint density at radius 3 is 2.53 bits per heavy atom. The van der Waals surface area contributed by atoms with Crippen LogP contribution in [-0.2, 0) is 10.0 Å². The molecule has 0 saturated heterocycles. The third-order valence-corrected chi connectivity index (χ3v) is 5.95. The summed E-state index contributed by atoms with van der Waals surface area (Å²) >= 11 is 12.3. The van der Waals surface area contributed by atoms with E-state index in [4.69, 9.17) is 11.6 Å². The van der Waals surface area contributed by atoms with Gasteiger partial charge in [-0.05, 0) is 47.0 Å². The van der Waals surface area contributed by atoms with E-state index in [0.29, 0.717) is 17.3 Å². The van der Waals surface area contributed by atoms with Crippen LogP contribution in [0, 0.1) is 0 Å². The highest BCUT2D eigenvalue weighted by Crippen LogP contribution is 2.29. The Bertz CT molecular complexity index is 529. The first kappa shape index (κ1) is 13.8. The second kappa shape index (κ2) is 5.17.